The number of rotatable bonds is 7. The predicted molar refractivity (Wildman–Crippen MR) is 130 cm³/mol. The van der Waals surface area contributed by atoms with Crippen LogP contribution in [0.4, 0.5) is 13.2 Å². The lowest BCUT2D eigenvalue weighted by molar-refractivity contribution is -0.154. The van der Waals surface area contributed by atoms with E-state index >= 15 is 0 Å². The van der Waals surface area contributed by atoms with Crippen molar-refractivity contribution >= 4 is 16.9 Å². The van der Waals surface area contributed by atoms with Gasteiger partial charge in [-0.05, 0) is 73.4 Å². The van der Waals surface area contributed by atoms with Crippen LogP contribution in [0, 0.1) is 13.8 Å². The molecule has 4 aromatic rings. The Morgan fingerprint density at radius 3 is 2.22 bits per heavy atom. The van der Waals surface area contributed by atoms with Gasteiger partial charge in [0.25, 0.3) is 5.76 Å². The molecule has 0 saturated carbocycles. The lowest BCUT2D eigenvalue weighted by Gasteiger charge is -2.14. The van der Waals surface area contributed by atoms with E-state index in [1.807, 2.05) is 26.8 Å². The van der Waals surface area contributed by atoms with Gasteiger partial charge in [0.2, 0.25) is 11.2 Å². The van der Waals surface area contributed by atoms with Gasteiger partial charge in [0, 0.05) is 6.07 Å². The number of benzene rings is 3. The fourth-order valence-electron chi connectivity index (χ4n) is 3.52. The lowest BCUT2D eigenvalue weighted by atomic mass is 10.1. The SMILES string of the molecule is CCc1ccc(Oc2c(C(F)(F)F)oc3cc(OC(=O)COc4ccc(C)c(C)c4)ccc3c2=O)cc1. The number of ether oxygens (including phenoxy) is 3. The fraction of sp³-hybridized carbons (Fsp3) is 0.214. The average Bonchev–Trinajstić information content (AvgIpc) is 2.86. The molecular weight excluding hydrogens is 489 g/mol. The van der Waals surface area contributed by atoms with Gasteiger partial charge in [-0.3, -0.25) is 4.79 Å². The van der Waals surface area contributed by atoms with E-state index in [2.05, 4.69) is 0 Å². The molecular formula is C28H23F3O6. The van der Waals surface area contributed by atoms with E-state index in [0.29, 0.717) is 5.75 Å². The van der Waals surface area contributed by atoms with Gasteiger partial charge < -0.3 is 18.6 Å². The van der Waals surface area contributed by atoms with Gasteiger partial charge in [-0.15, -0.1) is 0 Å². The van der Waals surface area contributed by atoms with Crippen LogP contribution in [0.25, 0.3) is 11.0 Å². The minimum Gasteiger partial charge on any atom is -0.482 e. The molecule has 0 aliphatic carbocycles. The standard InChI is InChI=1S/C28H23F3O6/c1-4-18-6-9-19(10-7-18)36-26-25(33)22-12-11-21(14-23(22)37-27(26)28(29,30)31)35-24(32)15-34-20-8-5-16(2)17(3)13-20/h5-14H,4,15H2,1-3H3. The highest BCUT2D eigenvalue weighted by Gasteiger charge is 2.40. The molecule has 0 amide bonds. The highest BCUT2D eigenvalue weighted by molar-refractivity contribution is 5.81. The Balaban J connectivity index is 1.59. The van der Waals surface area contributed by atoms with Crippen LogP contribution >= 0.6 is 0 Å². The van der Waals surface area contributed by atoms with Gasteiger partial charge >= 0.3 is 12.1 Å². The number of fused-ring (bicyclic) bond motifs is 1. The molecule has 1 aromatic heterocycles. The number of alkyl halides is 3. The topological polar surface area (TPSA) is 75.0 Å². The maximum absolute atomic E-state index is 13.8. The van der Waals surface area contributed by atoms with E-state index < -0.39 is 41.3 Å². The van der Waals surface area contributed by atoms with Crippen LogP contribution in [0.1, 0.15) is 29.4 Å². The Hall–Kier alpha value is -4.27. The average molecular weight is 512 g/mol. The normalized spacial score (nSPS) is 11.4. The Labute approximate surface area is 210 Å². The molecule has 37 heavy (non-hydrogen) atoms. The Morgan fingerprint density at radius 1 is 0.892 bits per heavy atom. The first kappa shape index (κ1) is 25.8. The van der Waals surface area contributed by atoms with E-state index in [9.17, 15) is 22.8 Å². The van der Waals surface area contributed by atoms with Gasteiger partial charge in [-0.2, -0.15) is 13.2 Å². The van der Waals surface area contributed by atoms with Crippen molar-refractivity contribution in [3.63, 3.8) is 0 Å². The predicted octanol–water partition coefficient (Wildman–Crippen LogP) is 6.77. The Morgan fingerprint density at radius 2 is 1.57 bits per heavy atom. The maximum atomic E-state index is 13.8. The van der Waals surface area contributed by atoms with E-state index in [1.54, 1.807) is 24.3 Å². The first-order chi connectivity index (χ1) is 17.5. The van der Waals surface area contributed by atoms with Crippen LogP contribution in [-0.4, -0.2) is 12.6 Å². The van der Waals surface area contributed by atoms with Crippen molar-refractivity contribution in [1.82, 2.24) is 0 Å². The van der Waals surface area contributed by atoms with Crippen LogP contribution in [-0.2, 0) is 17.4 Å². The van der Waals surface area contributed by atoms with Crippen LogP contribution in [0.5, 0.6) is 23.0 Å². The zero-order valence-electron chi connectivity index (χ0n) is 20.3. The second-order valence-electron chi connectivity index (χ2n) is 8.35. The van der Waals surface area contributed by atoms with E-state index in [4.69, 9.17) is 18.6 Å². The molecule has 0 unspecified atom stereocenters. The third-order valence-electron chi connectivity index (χ3n) is 5.70. The molecule has 0 radical (unpaired) electrons. The van der Waals surface area contributed by atoms with Crippen LogP contribution in [0.2, 0.25) is 0 Å². The molecule has 4 rings (SSSR count). The fourth-order valence-corrected chi connectivity index (χ4v) is 3.52. The summed E-state index contributed by atoms with van der Waals surface area (Å²) in [6.07, 6.45) is -4.28. The molecule has 0 aliphatic heterocycles. The molecule has 6 nitrogen and oxygen atoms in total. The van der Waals surface area contributed by atoms with Crippen molar-refractivity contribution in [3.05, 3.63) is 93.3 Å². The second-order valence-corrected chi connectivity index (χ2v) is 8.35. The second kappa shape index (κ2) is 10.4. The number of halogens is 3. The molecule has 0 bridgehead atoms. The summed E-state index contributed by atoms with van der Waals surface area (Å²) in [6.45, 7) is 5.34. The summed E-state index contributed by atoms with van der Waals surface area (Å²) in [7, 11) is 0. The minimum atomic E-state index is -5.02. The van der Waals surface area contributed by atoms with Gasteiger partial charge in [0.15, 0.2) is 6.61 Å². The molecule has 9 heteroatoms. The van der Waals surface area contributed by atoms with E-state index in [1.165, 1.54) is 24.3 Å². The first-order valence-corrected chi connectivity index (χ1v) is 11.4. The van der Waals surface area contributed by atoms with Crippen molar-refractivity contribution in [2.24, 2.45) is 0 Å². The summed E-state index contributed by atoms with van der Waals surface area (Å²) in [5.41, 5.74) is 1.58. The number of carbonyl (C=O) groups is 1. The number of hydrogen-bond acceptors (Lipinski definition) is 6. The molecule has 192 valence electrons. The highest BCUT2D eigenvalue weighted by Crippen LogP contribution is 2.38. The lowest BCUT2D eigenvalue weighted by Crippen LogP contribution is -2.18. The molecule has 0 N–H and O–H groups in total. The molecule has 0 spiro atoms. The van der Waals surface area contributed by atoms with Crippen molar-refractivity contribution < 1.29 is 36.6 Å². The van der Waals surface area contributed by atoms with E-state index in [0.717, 1.165) is 29.2 Å². The van der Waals surface area contributed by atoms with Crippen LogP contribution in [0.3, 0.4) is 0 Å². The number of aryl methyl sites for hydroxylation is 3. The maximum Gasteiger partial charge on any atom is 0.453 e. The van der Waals surface area contributed by atoms with Crippen LogP contribution < -0.4 is 19.6 Å². The highest BCUT2D eigenvalue weighted by atomic mass is 19.4. The monoisotopic (exact) mass is 512 g/mol. The molecule has 0 fully saturated rings. The molecule has 0 atom stereocenters. The quantitative estimate of drug-likeness (QED) is 0.201. The molecule has 0 aliphatic rings. The number of carbonyl (C=O) groups excluding carboxylic acids is 1. The summed E-state index contributed by atoms with van der Waals surface area (Å²) in [5, 5.41) is -0.167. The Kier molecular flexibility index (Phi) is 7.24. The third-order valence-corrected chi connectivity index (χ3v) is 5.70. The van der Waals surface area contributed by atoms with Gasteiger partial charge in [-0.25, -0.2) is 4.79 Å². The number of esters is 1. The van der Waals surface area contributed by atoms with Gasteiger partial charge in [-0.1, -0.05) is 25.1 Å². The zero-order valence-corrected chi connectivity index (χ0v) is 20.3. The smallest absolute Gasteiger partial charge is 0.453 e. The molecule has 0 saturated heterocycles. The van der Waals surface area contributed by atoms with Crippen molar-refractivity contribution in [3.8, 4) is 23.0 Å². The van der Waals surface area contributed by atoms with Crippen molar-refractivity contribution in [2.45, 2.75) is 33.4 Å². The minimum absolute atomic E-state index is 0.0590. The first-order valence-electron chi connectivity index (χ1n) is 11.4. The summed E-state index contributed by atoms with van der Waals surface area (Å²) in [4.78, 5) is 25.2. The van der Waals surface area contributed by atoms with Gasteiger partial charge in [0.1, 0.15) is 22.8 Å². The largest absolute Gasteiger partial charge is 0.482 e. The summed E-state index contributed by atoms with van der Waals surface area (Å²) in [6, 6.07) is 15.2. The number of hydrogen-bond donors (Lipinski definition) is 0. The van der Waals surface area contributed by atoms with E-state index in [-0.39, 0.29) is 16.9 Å². The van der Waals surface area contributed by atoms with Crippen molar-refractivity contribution in [1.29, 1.82) is 0 Å². The van der Waals surface area contributed by atoms with Crippen molar-refractivity contribution in [2.75, 3.05) is 6.61 Å². The zero-order chi connectivity index (χ0) is 26.7. The summed E-state index contributed by atoms with van der Waals surface area (Å²) >= 11 is 0. The summed E-state index contributed by atoms with van der Waals surface area (Å²) in [5.74, 6) is -2.94. The Bertz CT molecular complexity index is 1500. The molecule has 3 aromatic carbocycles. The van der Waals surface area contributed by atoms with Gasteiger partial charge in [0.05, 0.1) is 5.39 Å². The van der Waals surface area contributed by atoms with Crippen LogP contribution in [0.15, 0.2) is 69.9 Å². The molecule has 1 heterocycles. The summed E-state index contributed by atoms with van der Waals surface area (Å²) < 4.78 is 62.3. The third kappa shape index (κ3) is 5.94.